The second-order valence-corrected chi connectivity index (χ2v) is 4.79. The number of aryl methyl sites for hydroxylation is 1. The van der Waals surface area contributed by atoms with Crippen LogP contribution in [0, 0.1) is 6.92 Å². The second kappa shape index (κ2) is 5.57. The first-order valence-corrected chi connectivity index (χ1v) is 6.89. The molecular weight excluding hydrogens is 391 g/mol. The van der Waals surface area contributed by atoms with Crippen LogP contribution in [0.15, 0.2) is 54.6 Å². The van der Waals surface area contributed by atoms with Gasteiger partial charge < -0.3 is 0 Å². The molecular formula is C14H14NPo. The zero-order valence-electron chi connectivity index (χ0n) is 9.18. The number of hydrogen-bond donors (Lipinski definition) is 1. The van der Waals surface area contributed by atoms with Gasteiger partial charge in [-0.25, -0.2) is 0 Å². The molecule has 0 saturated heterocycles. The van der Waals surface area contributed by atoms with Gasteiger partial charge in [-0.15, -0.1) is 0 Å². The standard InChI is InChI=1S/C14H14N.Po/c1-11-7-9-13(10-8-11)14(15)12-5-3-2-4-6-12;/h2-10,14-15H,1H3;/q-1;+1. The van der Waals surface area contributed by atoms with Crippen LogP contribution in [0.1, 0.15) is 22.7 Å². The van der Waals surface area contributed by atoms with Gasteiger partial charge in [-0.3, -0.25) is 0 Å². The predicted octanol–water partition coefficient (Wildman–Crippen LogP) is 2.76. The Balaban J connectivity index is 2.33. The van der Waals surface area contributed by atoms with E-state index in [1.165, 1.54) is 42.0 Å². The molecule has 1 N–H and O–H groups in total. The summed E-state index contributed by atoms with van der Waals surface area (Å²) in [5.74, 6) is 0. The predicted molar refractivity (Wildman–Crippen MR) is 68.4 cm³/mol. The molecule has 0 aliphatic rings. The van der Waals surface area contributed by atoms with Crippen molar-refractivity contribution in [1.29, 1.82) is 0 Å². The fourth-order valence-corrected chi connectivity index (χ4v) is 2.79. The van der Waals surface area contributed by atoms with Crippen LogP contribution in [0.4, 0.5) is 0 Å². The van der Waals surface area contributed by atoms with Crippen molar-refractivity contribution in [2.45, 2.75) is 13.0 Å². The summed E-state index contributed by atoms with van der Waals surface area (Å²) in [6.07, 6.45) is 0. The SMILES string of the molecule is Cc1ccc(C([NH][Po])c2ccccc2)cc1. The average molecular weight is 405 g/mol. The van der Waals surface area contributed by atoms with Crippen molar-refractivity contribution >= 4 is 25.4 Å². The summed E-state index contributed by atoms with van der Waals surface area (Å²) in [6.45, 7) is 2.12. The molecule has 0 aliphatic heterocycles. The van der Waals surface area contributed by atoms with E-state index >= 15 is 0 Å². The van der Waals surface area contributed by atoms with Crippen LogP contribution in [0.2, 0.25) is 0 Å². The van der Waals surface area contributed by atoms with Gasteiger partial charge in [0.2, 0.25) is 0 Å². The van der Waals surface area contributed by atoms with E-state index in [-0.39, 0.29) is 0 Å². The van der Waals surface area contributed by atoms with Crippen molar-refractivity contribution in [3.63, 3.8) is 0 Å². The molecule has 1 nitrogen and oxygen atoms in total. The molecule has 2 rings (SSSR count). The molecule has 1 radical (unpaired) electrons. The van der Waals surface area contributed by atoms with E-state index in [1.807, 2.05) is 0 Å². The fraction of sp³-hybridized carbons (Fsp3) is 0.143. The van der Waals surface area contributed by atoms with Crippen molar-refractivity contribution in [1.82, 2.24) is 3.22 Å². The van der Waals surface area contributed by atoms with Crippen LogP contribution in [-0.2, 0) is 0 Å². The number of hydrogen-bond acceptors (Lipinski definition) is 1. The van der Waals surface area contributed by atoms with Crippen LogP contribution in [0.5, 0.6) is 0 Å². The third-order valence-electron chi connectivity index (χ3n) is 2.66. The quantitative estimate of drug-likeness (QED) is 0.829. The van der Waals surface area contributed by atoms with Crippen molar-refractivity contribution in [3.8, 4) is 0 Å². The third-order valence-corrected chi connectivity index (χ3v) is 3.58. The summed E-state index contributed by atoms with van der Waals surface area (Å²) in [6, 6.07) is 19.6. The molecule has 0 aromatic heterocycles. The molecule has 2 aromatic rings. The first-order valence-electron chi connectivity index (χ1n) is 5.30. The van der Waals surface area contributed by atoms with E-state index in [0.29, 0.717) is 6.04 Å². The van der Waals surface area contributed by atoms with Crippen LogP contribution < -0.4 is 3.22 Å². The molecule has 0 saturated carbocycles. The van der Waals surface area contributed by atoms with Crippen molar-refractivity contribution in [2.75, 3.05) is 0 Å². The van der Waals surface area contributed by atoms with Gasteiger partial charge in [-0.05, 0) is 0 Å². The molecule has 0 aliphatic carbocycles. The van der Waals surface area contributed by atoms with Gasteiger partial charge in [0.15, 0.2) is 0 Å². The van der Waals surface area contributed by atoms with Gasteiger partial charge in [0.1, 0.15) is 0 Å². The van der Waals surface area contributed by atoms with Gasteiger partial charge in [0.05, 0.1) is 0 Å². The summed E-state index contributed by atoms with van der Waals surface area (Å²) in [5, 5.41) is 0. The van der Waals surface area contributed by atoms with Crippen molar-refractivity contribution < 1.29 is 0 Å². The first-order chi connectivity index (χ1) is 7.81. The Kier molecular flexibility index (Phi) is 4.10. The van der Waals surface area contributed by atoms with E-state index in [4.69, 9.17) is 0 Å². The molecule has 1 unspecified atom stereocenters. The fourth-order valence-electron chi connectivity index (χ4n) is 1.73. The number of benzene rings is 2. The topological polar surface area (TPSA) is 12.0 Å². The summed E-state index contributed by atoms with van der Waals surface area (Å²) >= 11 is 1.39. The summed E-state index contributed by atoms with van der Waals surface area (Å²) in [4.78, 5) is 0. The molecule has 2 heteroatoms. The summed E-state index contributed by atoms with van der Waals surface area (Å²) < 4.78 is 3.44. The molecule has 0 amide bonds. The van der Waals surface area contributed by atoms with Gasteiger partial charge in [-0.1, -0.05) is 0 Å². The van der Waals surface area contributed by atoms with Gasteiger partial charge in [-0.2, -0.15) is 0 Å². The van der Waals surface area contributed by atoms with E-state index in [2.05, 4.69) is 64.7 Å². The van der Waals surface area contributed by atoms with E-state index < -0.39 is 0 Å². The Bertz CT molecular complexity index is 436. The Hall–Kier alpha value is -0.704. The Labute approximate surface area is 112 Å². The normalized spacial score (nSPS) is 12.4. The molecule has 16 heavy (non-hydrogen) atoms. The maximum atomic E-state index is 3.44. The van der Waals surface area contributed by atoms with E-state index in [9.17, 15) is 0 Å². The van der Waals surface area contributed by atoms with Crippen LogP contribution >= 0.6 is 0 Å². The molecule has 0 fully saturated rings. The molecule has 0 spiro atoms. The summed E-state index contributed by atoms with van der Waals surface area (Å²) in [5.41, 5.74) is 3.95. The second-order valence-electron chi connectivity index (χ2n) is 3.87. The third kappa shape index (κ3) is 2.70. The Morgan fingerprint density at radius 2 is 1.44 bits per heavy atom. The monoisotopic (exact) mass is 405 g/mol. The van der Waals surface area contributed by atoms with Crippen LogP contribution in [0.3, 0.4) is 0 Å². The molecule has 2 aromatic carbocycles. The maximum absolute atomic E-state index is 3.44. The van der Waals surface area contributed by atoms with Crippen molar-refractivity contribution in [3.05, 3.63) is 71.3 Å². The van der Waals surface area contributed by atoms with Crippen LogP contribution in [-0.4, -0.2) is 25.4 Å². The molecule has 0 heterocycles. The molecule has 81 valence electrons. The zero-order chi connectivity index (χ0) is 11.4. The zero-order valence-corrected chi connectivity index (χ0v) is 12.4. The summed E-state index contributed by atoms with van der Waals surface area (Å²) in [7, 11) is 0. The first kappa shape index (κ1) is 11.8. The minimum absolute atomic E-state index is 0.316. The van der Waals surface area contributed by atoms with Crippen LogP contribution in [0.25, 0.3) is 0 Å². The average Bonchev–Trinajstić information content (AvgIpc) is 2.34. The van der Waals surface area contributed by atoms with Gasteiger partial charge in [0.25, 0.3) is 0 Å². The number of nitrogens with one attached hydrogen (secondary N) is 1. The Morgan fingerprint density at radius 1 is 0.875 bits per heavy atom. The van der Waals surface area contributed by atoms with Gasteiger partial charge in [0, 0.05) is 0 Å². The molecule has 0 bridgehead atoms. The van der Waals surface area contributed by atoms with E-state index in [0.717, 1.165) is 0 Å². The minimum atomic E-state index is 0.316. The van der Waals surface area contributed by atoms with Crippen molar-refractivity contribution in [2.24, 2.45) is 0 Å². The molecule has 1 atom stereocenters. The Morgan fingerprint density at radius 3 is 2.00 bits per heavy atom. The van der Waals surface area contributed by atoms with E-state index in [1.54, 1.807) is 0 Å². The van der Waals surface area contributed by atoms with Gasteiger partial charge >= 0.3 is 113 Å². The number of rotatable bonds is 3.